The van der Waals surface area contributed by atoms with Gasteiger partial charge in [-0.2, -0.15) is 13.2 Å². The van der Waals surface area contributed by atoms with Crippen molar-refractivity contribution < 1.29 is 13.2 Å². The number of hydrogen-bond acceptors (Lipinski definition) is 2. The van der Waals surface area contributed by atoms with Crippen LogP contribution in [0.1, 0.15) is 0 Å². The van der Waals surface area contributed by atoms with Crippen molar-refractivity contribution in [3.05, 3.63) is 40.2 Å². The van der Waals surface area contributed by atoms with E-state index in [2.05, 4.69) is 15.9 Å². The second-order valence-corrected chi connectivity index (χ2v) is 6.78. The number of thioether (sulfide) groups is 1. The minimum Gasteiger partial charge on any atom is -0.160 e. The Kier molecular flexibility index (Phi) is 3.85. The summed E-state index contributed by atoms with van der Waals surface area (Å²) in [5, 5.41) is 0. The summed E-state index contributed by atoms with van der Waals surface area (Å²) in [5.41, 5.74) is -3.31. The fraction of sp³-hybridized carbons (Fsp3) is 0.0909. The third-order valence-electron chi connectivity index (χ3n) is 1.95. The standard InChI is InChI=1S/C11H6BrF3S2/c12-10-6-5-9(16-10)7-1-3-8(4-2-7)17-11(13,14)15/h1-6H. The SMILES string of the molecule is FC(F)(F)Sc1ccc(-c2ccc(Br)s2)cc1. The summed E-state index contributed by atoms with van der Waals surface area (Å²) in [4.78, 5) is 1.23. The summed E-state index contributed by atoms with van der Waals surface area (Å²) < 4.78 is 37.4. The predicted molar refractivity (Wildman–Crippen MR) is 69.4 cm³/mol. The fourth-order valence-electron chi connectivity index (χ4n) is 1.29. The first-order valence-corrected chi connectivity index (χ1v) is 6.98. The van der Waals surface area contributed by atoms with Gasteiger partial charge >= 0.3 is 5.51 Å². The minimum absolute atomic E-state index is 0.0960. The van der Waals surface area contributed by atoms with Gasteiger partial charge in [0.1, 0.15) is 0 Å². The number of hydrogen-bond donors (Lipinski definition) is 0. The van der Waals surface area contributed by atoms with Crippen LogP contribution in [0.3, 0.4) is 0 Å². The molecule has 0 unspecified atom stereocenters. The lowest BCUT2D eigenvalue weighted by Gasteiger charge is -2.05. The van der Waals surface area contributed by atoms with Crippen LogP contribution >= 0.6 is 39.0 Å². The Labute approximate surface area is 113 Å². The Morgan fingerprint density at radius 3 is 2.12 bits per heavy atom. The second-order valence-electron chi connectivity index (χ2n) is 3.18. The van der Waals surface area contributed by atoms with E-state index in [1.54, 1.807) is 23.5 Å². The van der Waals surface area contributed by atoms with E-state index in [0.717, 1.165) is 14.2 Å². The van der Waals surface area contributed by atoms with E-state index in [4.69, 9.17) is 0 Å². The Hall–Kier alpha value is -0.460. The maximum absolute atomic E-state index is 12.1. The van der Waals surface area contributed by atoms with Crippen molar-refractivity contribution in [2.75, 3.05) is 0 Å². The minimum atomic E-state index is -4.23. The molecule has 2 aromatic rings. The maximum atomic E-state index is 12.1. The highest BCUT2D eigenvalue weighted by atomic mass is 79.9. The van der Waals surface area contributed by atoms with Crippen LogP contribution in [0.2, 0.25) is 0 Å². The molecule has 0 aliphatic rings. The lowest BCUT2D eigenvalue weighted by molar-refractivity contribution is -0.0328. The van der Waals surface area contributed by atoms with Crippen LogP contribution in [0.25, 0.3) is 10.4 Å². The molecule has 0 N–H and O–H groups in total. The Balaban J connectivity index is 2.19. The number of alkyl halides is 3. The molecule has 90 valence electrons. The van der Waals surface area contributed by atoms with Crippen molar-refractivity contribution in [3.63, 3.8) is 0 Å². The number of benzene rings is 1. The van der Waals surface area contributed by atoms with Gasteiger partial charge < -0.3 is 0 Å². The zero-order valence-corrected chi connectivity index (χ0v) is 11.5. The molecular weight excluding hydrogens is 333 g/mol. The number of halogens is 4. The molecule has 0 fully saturated rings. The lowest BCUT2D eigenvalue weighted by Crippen LogP contribution is -1.98. The monoisotopic (exact) mass is 338 g/mol. The van der Waals surface area contributed by atoms with Crippen molar-refractivity contribution in [2.45, 2.75) is 10.4 Å². The van der Waals surface area contributed by atoms with Gasteiger partial charge in [0, 0.05) is 9.77 Å². The van der Waals surface area contributed by atoms with Crippen molar-refractivity contribution in [3.8, 4) is 10.4 Å². The van der Waals surface area contributed by atoms with Gasteiger partial charge in [-0.3, -0.25) is 0 Å². The molecule has 1 aromatic carbocycles. The van der Waals surface area contributed by atoms with Crippen molar-refractivity contribution in [2.24, 2.45) is 0 Å². The van der Waals surface area contributed by atoms with E-state index >= 15 is 0 Å². The number of rotatable bonds is 2. The molecule has 0 aliphatic carbocycles. The number of thiophene rings is 1. The quantitative estimate of drug-likeness (QED) is 0.624. The molecule has 0 amide bonds. The van der Waals surface area contributed by atoms with Gasteiger partial charge in [-0.05, 0) is 57.5 Å². The van der Waals surface area contributed by atoms with E-state index in [-0.39, 0.29) is 16.7 Å². The molecule has 0 aliphatic heterocycles. The molecule has 2 rings (SSSR count). The largest absolute Gasteiger partial charge is 0.446 e. The molecule has 0 atom stereocenters. The Bertz CT molecular complexity index is 502. The van der Waals surface area contributed by atoms with Gasteiger partial charge in [0.2, 0.25) is 0 Å². The predicted octanol–water partition coefficient (Wildman–Crippen LogP) is 5.79. The van der Waals surface area contributed by atoms with Gasteiger partial charge in [0.25, 0.3) is 0 Å². The first-order valence-electron chi connectivity index (χ1n) is 4.55. The van der Waals surface area contributed by atoms with Gasteiger partial charge in [-0.25, -0.2) is 0 Å². The van der Waals surface area contributed by atoms with E-state index in [1.165, 1.54) is 12.1 Å². The molecule has 0 bridgehead atoms. The zero-order valence-electron chi connectivity index (χ0n) is 8.29. The van der Waals surface area contributed by atoms with Gasteiger partial charge in [0.15, 0.2) is 0 Å². The van der Waals surface area contributed by atoms with Crippen LogP contribution in [0.4, 0.5) is 13.2 Å². The highest BCUT2D eigenvalue weighted by Crippen LogP contribution is 2.38. The first kappa shape index (κ1) is 13.0. The fourth-order valence-corrected chi connectivity index (χ4v) is 3.22. The third-order valence-corrected chi connectivity index (χ3v) is 4.36. The second kappa shape index (κ2) is 5.04. The highest BCUT2D eigenvalue weighted by molar-refractivity contribution is 9.11. The average Bonchev–Trinajstić information content (AvgIpc) is 2.63. The molecule has 6 heteroatoms. The summed E-state index contributed by atoms with van der Waals surface area (Å²) in [6, 6.07) is 10.2. The van der Waals surface area contributed by atoms with Crippen molar-refractivity contribution in [1.29, 1.82) is 0 Å². The molecule has 1 heterocycles. The maximum Gasteiger partial charge on any atom is 0.446 e. The van der Waals surface area contributed by atoms with E-state index in [9.17, 15) is 13.2 Å². The lowest BCUT2D eigenvalue weighted by atomic mass is 10.2. The van der Waals surface area contributed by atoms with Crippen LogP contribution in [-0.2, 0) is 0 Å². The molecule has 17 heavy (non-hydrogen) atoms. The van der Waals surface area contributed by atoms with Crippen LogP contribution in [0, 0.1) is 0 Å². The van der Waals surface area contributed by atoms with Crippen molar-refractivity contribution >= 4 is 39.0 Å². The highest BCUT2D eigenvalue weighted by Gasteiger charge is 2.28. The van der Waals surface area contributed by atoms with E-state index < -0.39 is 5.51 Å². The van der Waals surface area contributed by atoms with Crippen LogP contribution in [-0.4, -0.2) is 5.51 Å². The normalized spacial score (nSPS) is 11.8. The Morgan fingerprint density at radius 1 is 1.00 bits per heavy atom. The summed E-state index contributed by atoms with van der Waals surface area (Å²) in [6.45, 7) is 0. The summed E-state index contributed by atoms with van der Waals surface area (Å²) >= 11 is 4.80. The van der Waals surface area contributed by atoms with Gasteiger partial charge in [-0.1, -0.05) is 12.1 Å². The topological polar surface area (TPSA) is 0 Å². The van der Waals surface area contributed by atoms with Gasteiger partial charge in [0.05, 0.1) is 3.79 Å². The molecule has 0 nitrogen and oxygen atoms in total. The van der Waals surface area contributed by atoms with Gasteiger partial charge in [-0.15, -0.1) is 11.3 Å². The molecule has 0 saturated carbocycles. The molecule has 0 saturated heterocycles. The molecule has 1 aromatic heterocycles. The van der Waals surface area contributed by atoms with Crippen LogP contribution in [0.15, 0.2) is 45.1 Å². The molecular formula is C11H6BrF3S2. The smallest absolute Gasteiger partial charge is 0.160 e. The van der Waals surface area contributed by atoms with Crippen molar-refractivity contribution in [1.82, 2.24) is 0 Å². The average molecular weight is 339 g/mol. The third kappa shape index (κ3) is 3.76. The van der Waals surface area contributed by atoms with E-state index in [1.807, 2.05) is 12.1 Å². The summed E-state index contributed by atoms with van der Waals surface area (Å²) in [6.07, 6.45) is 0. The zero-order chi connectivity index (χ0) is 12.5. The molecule has 0 spiro atoms. The summed E-state index contributed by atoms with van der Waals surface area (Å²) in [7, 11) is 0. The summed E-state index contributed by atoms with van der Waals surface area (Å²) in [5.74, 6) is 0. The van der Waals surface area contributed by atoms with Crippen LogP contribution in [0.5, 0.6) is 0 Å². The van der Waals surface area contributed by atoms with E-state index in [0.29, 0.717) is 0 Å². The molecule has 0 radical (unpaired) electrons. The first-order chi connectivity index (χ1) is 7.94. The Morgan fingerprint density at radius 2 is 1.65 bits per heavy atom. The van der Waals surface area contributed by atoms with Crippen LogP contribution < -0.4 is 0 Å².